The second-order valence-corrected chi connectivity index (χ2v) is 5.95. The molecule has 3 rings (SSSR count). The minimum atomic E-state index is -0.0180. The van der Waals surface area contributed by atoms with E-state index in [1.165, 1.54) is 11.1 Å². The Balaban J connectivity index is 1.75. The van der Waals surface area contributed by atoms with Crippen molar-refractivity contribution in [3.63, 3.8) is 0 Å². The minimum Gasteiger partial charge on any atom is -0.355 e. The van der Waals surface area contributed by atoms with Crippen LogP contribution < -0.4 is 10.6 Å². The summed E-state index contributed by atoms with van der Waals surface area (Å²) < 4.78 is 0. The molecule has 2 aliphatic heterocycles. The second-order valence-electron chi connectivity index (χ2n) is 4.92. The van der Waals surface area contributed by atoms with E-state index < -0.39 is 0 Å². The number of thioether (sulfide) groups is 1. The summed E-state index contributed by atoms with van der Waals surface area (Å²) in [6, 6.07) is 8.86. The molecule has 2 N–H and O–H groups in total. The summed E-state index contributed by atoms with van der Waals surface area (Å²) in [6.07, 6.45) is 2.03. The lowest BCUT2D eigenvalue weighted by Gasteiger charge is -2.31. The summed E-state index contributed by atoms with van der Waals surface area (Å²) in [4.78, 5) is 11.8. The molecule has 1 saturated heterocycles. The molecule has 96 valence electrons. The first-order valence-corrected chi connectivity index (χ1v) is 7.69. The Morgan fingerprint density at radius 2 is 2.17 bits per heavy atom. The Morgan fingerprint density at radius 1 is 1.28 bits per heavy atom. The van der Waals surface area contributed by atoms with Crippen LogP contribution in [0.2, 0.25) is 0 Å². The van der Waals surface area contributed by atoms with E-state index in [-0.39, 0.29) is 11.9 Å². The zero-order valence-corrected chi connectivity index (χ0v) is 11.1. The molecule has 2 aliphatic rings. The van der Waals surface area contributed by atoms with Crippen LogP contribution in [-0.4, -0.2) is 24.2 Å². The molecule has 1 fully saturated rings. The van der Waals surface area contributed by atoms with Gasteiger partial charge in [-0.15, -0.1) is 0 Å². The number of amides is 1. The fourth-order valence-corrected chi connectivity index (χ4v) is 3.81. The van der Waals surface area contributed by atoms with Crippen LogP contribution in [0, 0.1) is 0 Å². The third-order valence-corrected chi connectivity index (χ3v) is 4.74. The second kappa shape index (κ2) is 5.33. The van der Waals surface area contributed by atoms with Crippen molar-refractivity contribution in [2.24, 2.45) is 0 Å². The van der Waals surface area contributed by atoms with Crippen LogP contribution in [-0.2, 0) is 10.5 Å². The van der Waals surface area contributed by atoms with Gasteiger partial charge in [0, 0.05) is 24.1 Å². The highest BCUT2D eigenvalue weighted by Gasteiger charge is 2.27. The lowest BCUT2D eigenvalue weighted by molar-refractivity contribution is -0.124. The number of hydrogen-bond donors (Lipinski definition) is 2. The molecule has 0 aliphatic carbocycles. The lowest BCUT2D eigenvalue weighted by atomic mass is 9.99. The van der Waals surface area contributed by atoms with Crippen molar-refractivity contribution < 1.29 is 4.79 Å². The maximum atomic E-state index is 11.8. The summed E-state index contributed by atoms with van der Waals surface area (Å²) in [5.74, 6) is 2.31. The van der Waals surface area contributed by atoms with Gasteiger partial charge in [0.25, 0.3) is 0 Å². The van der Waals surface area contributed by atoms with Crippen molar-refractivity contribution in [2.45, 2.75) is 30.7 Å². The van der Waals surface area contributed by atoms with Crippen molar-refractivity contribution in [2.75, 3.05) is 12.3 Å². The number of carbonyl (C=O) groups is 1. The third kappa shape index (κ3) is 2.40. The fourth-order valence-electron chi connectivity index (χ4n) is 2.69. The van der Waals surface area contributed by atoms with Gasteiger partial charge in [0.15, 0.2) is 0 Å². The maximum Gasteiger partial charge on any atom is 0.237 e. The zero-order chi connectivity index (χ0) is 12.4. The minimum absolute atomic E-state index is 0.0180. The van der Waals surface area contributed by atoms with Gasteiger partial charge < -0.3 is 5.32 Å². The highest BCUT2D eigenvalue weighted by molar-refractivity contribution is 7.98. The summed E-state index contributed by atoms with van der Waals surface area (Å²) in [6.45, 7) is 0.826. The Morgan fingerprint density at radius 3 is 3.06 bits per heavy atom. The molecule has 1 amide bonds. The molecular formula is C14H18N2OS. The SMILES string of the molecule is O=C1NCCCC1NC1CSCc2ccccc21. The summed E-state index contributed by atoms with van der Waals surface area (Å²) >= 11 is 1.94. The Hall–Kier alpha value is -1.00. The van der Waals surface area contributed by atoms with Gasteiger partial charge in [0.05, 0.1) is 6.04 Å². The van der Waals surface area contributed by atoms with Crippen molar-refractivity contribution in [1.29, 1.82) is 0 Å². The van der Waals surface area contributed by atoms with Crippen LogP contribution >= 0.6 is 11.8 Å². The van der Waals surface area contributed by atoms with Crippen LogP contribution in [0.3, 0.4) is 0 Å². The van der Waals surface area contributed by atoms with E-state index in [1.54, 1.807) is 0 Å². The van der Waals surface area contributed by atoms with E-state index in [0.29, 0.717) is 6.04 Å². The van der Waals surface area contributed by atoms with E-state index in [9.17, 15) is 4.79 Å². The van der Waals surface area contributed by atoms with Gasteiger partial charge in [-0.1, -0.05) is 24.3 Å². The molecule has 0 aromatic heterocycles. The molecule has 18 heavy (non-hydrogen) atoms. The molecule has 0 saturated carbocycles. The Kier molecular flexibility index (Phi) is 3.57. The van der Waals surface area contributed by atoms with Crippen molar-refractivity contribution >= 4 is 17.7 Å². The van der Waals surface area contributed by atoms with Gasteiger partial charge in [-0.05, 0) is 24.0 Å². The quantitative estimate of drug-likeness (QED) is 0.854. The number of carbonyl (C=O) groups excluding carboxylic acids is 1. The Labute approximate surface area is 112 Å². The first-order chi connectivity index (χ1) is 8.84. The maximum absolute atomic E-state index is 11.8. The van der Waals surface area contributed by atoms with E-state index in [0.717, 1.165) is 30.9 Å². The highest BCUT2D eigenvalue weighted by atomic mass is 32.2. The summed E-state index contributed by atoms with van der Waals surface area (Å²) in [5.41, 5.74) is 2.78. The molecule has 2 unspecified atom stereocenters. The third-order valence-electron chi connectivity index (χ3n) is 3.66. The van der Waals surface area contributed by atoms with Crippen molar-refractivity contribution in [1.82, 2.24) is 10.6 Å². The van der Waals surface area contributed by atoms with E-state index in [2.05, 4.69) is 34.9 Å². The number of benzene rings is 1. The molecule has 1 aromatic rings. The van der Waals surface area contributed by atoms with Gasteiger partial charge >= 0.3 is 0 Å². The fraction of sp³-hybridized carbons (Fsp3) is 0.500. The van der Waals surface area contributed by atoms with Gasteiger partial charge in [-0.2, -0.15) is 11.8 Å². The van der Waals surface area contributed by atoms with Crippen LogP contribution in [0.15, 0.2) is 24.3 Å². The number of rotatable bonds is 2. The normalized spacial score (nSPS) is 27.4. The van der Waals surface area contributed by atoms with Crippen LogP contribution in [0.5, 0.6) is 0 Å². The van der Waals surface area contributed by atoms with E-state index >= 15 is 0 Å². The molecule has 1 aromatic carbocycles. The summed E-state index contributed by atoms with van der Waals surface area (Å²) in [7, 11) is 0. The molecule has 0 radical (unpaired) electrons. The van der Waals surface area contributed by atoms with Crippen molar-refractivity contribution in [3.8, 4) is 0 Å². The highest BCUT2D eigenvalue weighted by Crippen LogP contribution is 2.32. The molecular weight excluding hydrogens is 244 g/mol. The Bertz CT molecular complexity index is 449. The average Bonchev–Trinajstić information content (AvgIpc) is 2.42. The van der Waals surface area contributed by atoms with Gasteiger partial charge in [-0.3, -0.25) is 10.1 Å². The molecule has 3 nitrogen and oxygen atoms in total. The monoisotopic (exact) mass is 262 g/mol. The largest absolute Gasteiger partial charge is 0.355 e. The predicted octanol–water partition coefficient (Wildman–Crippen LogP) is 1.84. The lowest BCUT2D eigenvalue weighted by Crippen LogP contribution is -2.50. The number of piperidine rings is 1. The molecule has 0 spiro atoms. The topological polar surface area (TPSA) is 41.1 Å². The molecule has 2 heterocycles. The van der Waals surface area contributed by atoms with Crippen LogP contribution in [0.1, 0.15) is 30.0 Å². The smallest absolute Gasteiger partial charge is 0.237 e. The van der Waals surface area contributed by atoms with E-state index in [1.807, 2.05) is 11.8 Å². The first kappa shape index (κ1) is 12.1. The molecule has 4 heteroatoms. The number of nitrogens with one attached hydrogen (secondary N) is 2. The van der Waals surface area contributed by atoms with Gasteiger partial charge in [0.2, 0.25) is 5.91 Å². The van der Waals surface area contributed by atoms with Crippen LogP contribution in [0.25, 0.3) is 0 Å². The van der Waals surface area contributed by atoms with Crippen molar-refractivity contribution in [3.05, 3.63) is 35.4 Å². The summed E-state index contributed by atoms with van der Waals surface area (Å²) in [5, 5.41) is 6.47. The first-order valence-electron chi connectivity index (χ1n) is 6.54. The number of hydrogen-bond acceptors (Lipinski definition) is 3. The van der Waals surface area contributed by atoms with Crippen LogP contribution in [0.4, 0.5) is 0 Å². The average molecular weight is 262 g/mol. The zero-order valence-electron chi connectivity index (χ0n) is 10.3. The standard InChI is InChI=1S/C14H18N2OS/c17-14-12(6-3-7-15-14)16-13-9-18-8-10-4-1-2-5-11(10)13/h1-2,4-5,12-13,16H,3,6-9H2,(H,15,17). The van der Waals surface area contributed by atoms with Gasteiger partial charge in [0.1, 0.15) is 0 Å². The number of fused-ring (bicyclic) bond motifs is 1. The van der Waals surface area contributed by atoms with Gasteiger partial charge in [-0.25, -0.2) is 0 Å². The molecule has 2 atom stereocenters. The predicted molar refractivity (Wildman–Crippen MR) is 74.5 cm³/mol. The molecule has 0 bridgehead atoms. The van der Waals surface area contributed by atoms with E-state index in [4.69, 9.17) is 0 Å².